The first-order chi connectivity index (χ1) is 14.2. The Morgan fingerprint density at radius 2 is 1.86 bits per heavy atom. The molecule has 3 aromatic heterocycles. The van der Waals surface area contributed by atoms with Gasteiger partial charge in [0.25, 0.3) is 5.91 Å². The molecule has 0 fully saturated rings. The summed E-state index contributed by atoms with van der Waals surface area (Å²) < 4.78 is 6.79. The van der Waals surface area contributed by atoms with Crippen molar-refractivity contribution in [1.29, 1.82) is 0 Å². The van der Waals surface area contributed by atoms with Crippen LogP contribution in [0.4, 0.5) is 5.13 Å². The summed E-state index contributed by atoms with van der Waals surface area (Å²) in [4.78, 5) is 34.1. The lowest BCUT2D eigenvalue weighted by Gasteiger charge is -2.02. The van der Waals surface area contributed by atoms with Gasteiger partial charge in [0.15, 0.2) is 16.0 Å². The van der Waals surface area contributed by atoms with Gasteiger partial charge in [-0.1, -0.05) is 41.7 Å². The van der Waals surface area contributed by atoms with Gasteiger partial charge in [-0.2, -0.15) is 0 Å². The highest BCUT2D eigenvalue weighted by molar-refractivity contribution is 7.17. The third-order valence-corrected chi connectivity index (χ3v) is 5.73. The molecule has 0 aliphatic heterocycles. The largest absolute Gasteiger partial charge is 0.461 e. The summed E-state index contributed by atoms with van der Waals surface area (Å²) >= 11 is 2.45. The zero-order valence-corrected chi connectivity index (χ0v) is 17.0. The van der Waals surface area contributed by atoms with E-state index in [0.29, 0.717) is 20.8 Å². The molecule has 0 aliphatic rings. The smallest absolute Gasteiger partial charge is 0.357 e. The van der Waals surface area contributed by atoms with Crippen molar-refractivity contribution in [3.8, 4) is 16.4 Å². The predicted molar refractivity (Wildman–Crippen MR) is 113 cm³/mol. The second-order valence-electron chi connectivity index (χ2n) is 5.84. The highest BCUT2D eigenvalue weighted by atomic mass is 32.1. The highest BCUT2D eigenvalue weighted by Crippen LogP contribution is 2.31. The molecule has 9 heteroatoms. The summed E-state index contributed by atoms with van der Waals surface area (Å²) in [7, 11) is 0. The van der Waals surface area contributed by atoms with E-state index in [0.717, 1.165) is 5.56 Å². The van der Waals surface area contributed by atoms with Gasteiger partial charge in [0, 0.05) is 23.3 Å². The van der Waals surface area contributed by atoms with Crippen LogP contribution in [0, 0.1) is 0 Å². The number of amides is 1. The molecule has 4 rings (SSSR count). The molecule has 1 aromatic carbocycles. The third kappa shape index (κ3) is 4.10. The summed E-state index contributed by atoms with van der Waals surface area (Å²) in [5.41, 5.74) is 1.62. The van der Waals surface area contributed by atoms with Crippen molar-refractivity contribution in [2.75, 3.05) is 11.9 Å². The number of hydrogen-bond donors (Lipinski definition) is 1. The Labute approximate surface area is 174 Å². The molecule has 29 heavy (non-hydrogen) atoms. The number of ether oxygens (including phenoxy) is 1. The molecular formula is C20H16N4O3S2. The monoisotopic (exact) mass is 424 g/mol. The van der Waals surface area contributed by atoms with E-state index in [1.54, 1.807) is 12.3 Å². The number of anilines is 1. The van der Waals surface area contributed by atoms with Crippen molar-refractivity contribution >= 4 is 39.7 Å². The van der Waals surface area contributed by atoms with E-state index in [-0.39, 0.29) is 18.2 Å². The first kappa shape index (κ1) is 19.0. The van der Waals surface area contributed by atoms with Crippen LogP contribution in [-0.4, -0.2) is 33.0 Å². The van der Waals surface area contributed by atoms with Crippen molar-refractivity contribution < 1.29 is 14.3 Å². The van der Waals surface area contributed by atoms with Gasteiger partial charge in [0.1, 0.15) is 4.88 Å². The van der Waals surface area contributed by atoms with Crippen LogP contribution in [0.1, 0.15) is 27.1 Å². The standard InChI is InChI=1S/C20H16N4O3S2/c1-2-27-18(26)14-12-28-19(21-14)23-17(25)16-15(13-8-4-3-5-9-13)22-20(29-16)24-10-6-7-11-24/h3-12H,2H2,1H3,(H,21,23,25). The molecule has 0 aliphatic carbocycles. The van der Waals surface area contributed by atoms with Crippen LogP contribution in [0.5, 0.6) is 0 Å². The lowest BCUT2D eigenvalue weighted by Crippen LogP contribution is -2.12. The van der Waals surface area contributed by atoms with Gasteiger partial charge in [0.05, 0.1) is 12.3 Å². The van der Waals surface area contributed by atoms with E-state index >= 15 is 0 Å². The molecule has 0 saturated heterocycles. The average Bonchev–Trinajstić information content (AvgIpc) is 3.48. The molecule has 1 N–H and O–H groups in total. The number of esters is 1. The van der Waals surface area contributed by atoms with Crippen molar-refractivity contribution in [3.05, 3.63) is 70.8 Å². The number of nitrogens with zero attached hydrogens (tertiary/aromatic N) is 3. The molecule has 0 spiro atoms. The fourth-order valence-electron chi connectivity index (χ4n) is 2.61. The zero-order valence-electron chi connectivity index (χ0n) is 15.4. The SMILES string of the molecule is CCOC(=O)c1csc(NC(=O)c2sc(-n3cccc3)nc2-c2ccccc2)n1. The van der Waals surface area contributed by atoms with Crippen LogP contribution in [0.3, 0.4) is 0 Å². The molecule has 3 heterocycles. The molecule has 7 nitrogen and oxygen atoms in total. The van der Waals surface area contributed by atoms with Crippen LogP contribution in [0.15, 0.2) is 60.2 Å². The van der Waals surface area contributed by atoms with Crippen LogP contribution in [0.25, 0.3) is 16.4 Å². The maximum Gasteiger partial charge on any atom is 0.357 e. The summed E-state index contributed by atoms with van der Waals surface area (Å²) in [6.07, 6.45) is 3.75. The number of thiazole rings is 2. The van der Waals surface area contributed by atoms with Crippen LogP contribution < -0.4 is 5.32 Å². The van der Waals surface area contributed by atoms with Crippen molar-refractivity contribution in [1.82, 2.24) is 14.5 Å². The van der Waals surface area contributed by atoms with Crippen molar-refractivity contribution in [2.45, 2.75) is 6.92 Å². The van der Waals surface area contributed by atoms with Gasteiger partial charge < -0.3 is 9.30 Å². The minimum absolute atomic E-state index is 0.174. The lowest BCUT2D eigenvalue weighted by molar-refractivity contribution is 0.0520. The topological polar surface area (TPSA) is 86.1 Å². The molecule has 1 amide bonds. The number of aromatic nitrogens is 3. The van der Waals surface area contributed by atoms with Crippen LogP contribution in [0.2, 0.25) is 0 Å². The van der Waals surface area contributed by atoms with Gasteiger partial charge in [-0.15, -0.1) is 11.3 Å². The predicted octanol–water partition coefficient (Wildman–Crippen LogP) is 4.49. The Hall–Kier alpha value is -3.30. The average molecular weight is 425 g/mol. The molecule has 0 unspecified atom stereocenters. The number of carbonyl (C=O) groups is 2. The number of carbonyl (C=O) groups excluding carboxylic acids is 2. The number of nitrogens with one attached hydrogen (secondary N) is 1. The van der Waals surface area contributed by atoms with Gasteiger partial charge in [-0.05, 0) is 19.1 Å². The maximum absolute atomic E-state index is 13.0. The number of hydrogen-bond acceptors (Lipinski definition) is 7. The maximum atomic E-state index is 13.0. The molecule has 4 aromatic rings. The first-order valence-electron chi connectivity index (χ1n) is 8.79. The Bertz CT molecular complexity index is 1130. The molecule has 146 valence electrons. The van der Waals surface area contributed by atoms with E-state index in [1.165, 1.54) is 22.7 Å². The van der Waals surface area contributed by atoms with Gasteiger partial charge >= 0.3 is 5.97 Å². The van der Waals surface area contributed by atoms with Crippen LogP contribution in [-0.2, 0) is 4.74 Å². The lowest BCUT2D eigenvalue weighted by atomic mass is 10.1. The second-order valence-corrected chi connectivity index (χ2v) is 7.68. The Kier molecular flexibility index (Phi) is 5.50. The van der Waals surface area contributed by atoms with Crippen molar-refractivity contribution in [2.24, 2.45) is 0 Å². The fraction of sp³-hybridized carbons (Fsp3) is 0.100. The zero-order chi connectivity index (χ0) is 20.2. The van der Waals surface area contributed by atoms with E-state index in [1.807, 2.05) is 59.4 Å². The van der Waals surface area contributed by atoms with E-state index < -0.39 is 5.97 Å². The second kappa shape index (κ2) is 8.38. The van der Waals surface area contributed by atoms with E-state index in [4.69, 9.17) is 4.74 Å². The Morgan fingerprint density at radius 1 is 1.10 bits per heavy atom. The molecule has 0 atom stereocenters. The Morgan fingerprint density at radius 3 is 2.59 bits per heavy atom. The summed E-state index contributed by atoms with van der Waals surface area (Å²) in [6.45, 7) is 1.99. The van der Waals surface area contributed by atoms with Crippen LogP contribution >= 0.6 is 22.7 Å². The third-order valence-electron chi connectivity index (χ3n) is 3.90. The van der Waals surface area contributed by atoms with E-state index in [2.05, 4.69) is 15.3 Å². The number of rotatable bonds is 6. The summed E-state index contributed by atoms with van der Waals surface area (Å²) in [5, 5.41) is 5.34. The minimum Gasteiger partial charge on any atom is -0.461 e. The van der Waals surface area contributed by atoms with Gasteiger partial charge in [0.2, 0.25) is 0 Å². The molecular weight excluding hydrogens is 408 g/mol. The molecule has 0 radical (unpaired) electrons. The van der Waals surface area contributed by atoms with Gasteiger partial charge in [-0.25, -0.2) is 14.8 Å². The highest BCUT2D eigenvalue weighted by Gasteiger charge is 2.22. The summed E-state index contributed by atoms with van der Waals surface area (Å²) in [5.74, 6) is -0.841. The number of benzene rings is 1. The minimum atomic E-state index is -0.512. The molecule has 0 saturated carbocycles. The Balaban J connectivity index is 1.65. The normalized spacial score (nSPS) is 10.7. The molecule has 0 bridgehead atoms. The quantitative estimate of drug-likeness (QED) is 0.461. The van der Waals surface area contributed by atoms with E-state index in [9.17, 15) is 9.59 Å². The summed E-state index contributed by atoms with van der Waals surface area (Å²) in [6, 6.07) is 13.3. The fourth-order valence-corrected chi connectivity index (χ4v) is 4.24. The van der Waals surface area contributed by atoms with Crippen molar-refractivity contribution in [3.63, 3.8) is 0 Å². The first-order valence-corrected chi connectivity index (χ1v) is 10.5. The van der Waals surface area contributed by atoms with Gasteiger partial charge in [-0.3, -0.25) is 10.1 Å².